The average molecular weight is 338 g/mol. The van der Waals surface area contributed by atoms with Crippen molar-refractivity contribution in [1.82, 2.24) is 9.78 Å². The molecule has 0 fully saturated rings. The summed E-state index contributed by atoms with van der Waals surface area (Å²) >= 11 is 6.08. The van der Waals surface area contributed by atoms with Gasteiger partial charge < -0.3 is 5.32 Å². The Morgan fingerprint density at radius 3 is 2.75 bits per heavy atom. The number of amides is 1. The summed E-state index contributed by atoms with van der Waals surface area (Å²) in [4.78, 5) is 12.2. The summed E-state index contributed by atoms with van der Waals surface area (Å²) in [6.45, 7) is 2.06. The fraction of sp³-hybridized carbons (Fsp3) is 0.158. The van der Waals surface area contributed by atoms with E-state index in [0.717, 1.165) is 22.6 Å². The molecule has 4 nitrogen and oxygen atoms in total. The minimum atomic E-state index is -0.00291. The van der Waals surface area contributed by atoms with Crippen molar-refractivity contribution in [3.8, 4) is 5.69 Å². The van der Waals surface area contributed by atoms with Crippen LogP contribution in [0.2, 0.25) is 5.02 Å². The smallest absolute Gasteiger partial charge is 0.226 e. The average Bonchev–Trinajstić information content (AvgIpc) is 2.98. The highest BCUT2D eigenvalue weighted by atomic mass is 35.5. The maximum Gasteiger partial charge on any atom is 0.226 e. The van der Waals surface area contributed by atoms with Gasteiger partial charge in [-0.15, -0.1) is 0 Å². The number of carbonyl (C=O) groups excluding carboxylic acids is 1. The molecular weight excluding hydrogens is 322 g/mol. The number of aromatic nitrogens is 2. The zero-order chi connectivity index (χ0) is 16.7. The first-order chi connectivity index (χ1) is 11.6. The third-order valence-electron chi connectivity index (χ3n) is 4.35. The normalized spacial score (nSPS) is 16.6. The van der Waals surface area contributed by atoms with E-state index in [-0.39, 0.29) is 11.8 Å². The predicted octanol–water partition coefficient (Wildman–Crippen LogP) is 4.31. The van der Waals surface area contributed by atoms with E-state index in [2.05, 4.69) is 41.6 Å². The summed E-state index contributed by atoms with van der Waals surface area (Å²) in [5, 5.41) is 8.07. The Bertz CT molecular complexity index is 915. The van der Waals surface area contributed by atoms with Crippen LogP contribution in [0.3, 0.4) is 0 Å². The largest absolute Gasteiger partial charge is 0.310 e. The second-order valence-electron chi connectivity index (χ2n) is 6.06. The van der Waals surface area contributed by atoms with Crippen LogP contribution in [0.25, 0.3) is 5.69 Å². The Morgan fingerprint density at radius 1 is 1.21 bits per heavy atom. The van der Waals surface area contributed by atoms with E-state index in [1.54, 1.807) is 4.68 Å². The van der Waals surface area contributed by atoms with Gasteiger partial charge in [-0.25, -0.2) is 4.68 Å². The van der Waals surface area contributed by atoms with Crippen molar-refractivity contribution in [3.63, 3.8) is 0 Å². The van der Waals surface area contributed by atoms with Gasteiger partial charge >= 0.3 is 0 Å². The summed E-state index contributed by atoms with van der Waals surface area (Å²) in [5.41, 5.74) is 4.18. The van der Waals surface area contributed by atoms with Crippen molar-refractivity contribution in [1.29, 1.82) is 0 Å². The van der Waals surface area contributed by atoms with Crippen molar-refractivity contribution in [2.24, 2.45) is 0 Å². The summed E-state index contributed by atoms with van der Waals surface area (Å²) < 4.78 is 1.74. The molecule has 1 N–H and O–H groups in total. The van der Waals surface area contributed by atoms with Crippen LogP contribution in [-0.2, 0) is 4.79 Å². The second kappa shape index (κ2) is 5.80. The van der Waals surface area contributed by atoms with Gasteiger partial charge in [0.05, 0.1) is 11.9 Å². The maximum atomic E-state index is 12.2. The molecule has 1 aliphatic heterocycles. The number of hydrogen-bond donors (Lipinski definition) is 1. The van der Waals surface area contributed by atoms with E-state index < -0.39 is 0 Å². The SMILES string of the molecule is Cc1ccc([C@H]2CC(=O)Nc3c2cnn3-c2cccc(Cl)c2)cc1. The van der Waals surface area contributed by atoms with Gasteiger partial charge in [0, 0.05) is 22.9 Å². The highest BCUT2D eigenvalue weighted by Gasteiger charge is 2.30. The molecule has 0 saturated carbocycles. The van der Waals surface area contributed by atoms with Gasteiger partial charge in [-0.1, -0.05) is 47.5 Å². The summed E-state index contributed by atoms with van der Waals surface area (Å²) in [7, 11) is 0. The fourth-order valence-electron chi connectivity index (χ4n) is 3.12. The van der Waals surface area contributed by atoms with Crippen LogP contribution < -0.4 is 5.32 Å². The molecule has 0 saturated heterocycles. The first-order valence-corrected chi connectivity index (χ1v) is 8.20. The van der Waals surface area contributed by atoms with Gasteiger partial charge in [0.25, 0.3) is 0 Å². The first kappa shape index (κ1) is 15.0. The number of carbonyl (C=O) groups is 1. The number of halogens is 1. The minimum absolute atomic E-state index is 0.00291. The molecule has 2 aromatic carbocycles. The van der Waals surface area contributed by atoms with Crippen molar-refractivity contribution in [2.45, 2.75) is 19.3 Å². The van der Waals surface area contributed by atoms with Gasteiger partial charge in [-0.3, -0.25) is 4.79 Å². The van der Waals surface area contributed by atoms with Crippen LogP contribution in [0.1, 0.15) is 29.0 Å². The number of nitrogens with zero attached hydrogens (tertiary/aromatic N) is 2. The van der Waals surface area contributed by atoms with Crippen LogP contribution in [0.15, 0.2) is 54.7 Å². The Kier molecular flexibility index (Phi) is 3.62. The maximum absolute atomic E-state index is 12.2. The number of benzene rings is 2. The highest BCUT2D eigenvalue weighted by Crippen LogP contribution is 2.38. The lowest BCUT2D eigenvalue weighted by molar-refractivity contribution is -0.116. The van der Waals surface area contributed by atoms with Crippen molar-refractivity contribution in [3.05, 3.63) is 76.4 Å². The Balaban J connectivity index is 1.81. The predicted molar refractivity (Wildman–Crippen MR) is 94.8 cm³/mol. The number of fused-ring (bicyclic) bond motifs is 1. The third-order valence-corrected chi connectivity index (χ3v) is 4.59. The van der Waals surface area contributed by atoms with E-state index in [1.807, 2.05) is 30.5 Å². The zero-order valence-electron chi connectivity index (χ0n) is 13.2. The van der Waals surface area contributed by atoms with Crippen LogP contribution in [0, 0.1) is 6.92 Å². The highest BCUT2D eigenvalue weighted by molar-refractivity contribution is 6.30. The number of aryl methyl sites for hydroxylation is 1. The lowest BCUT2D eigenvalue weighted by Gasteiger charge is -2.24. The van der Waals surface area contributed by atoms with E-state index in [4.69, 9.17) is 11.6 Å². The molecule has 0 unspecified atom stereocenters. The number of anilines is 1. The Morgan fingerprint density at radius 2 is 2.00 bits per heavy atom. The molecule has 2 heterocycles. The zero-order valence-corrected chi connectivity index (χ0v) is 13.9. The molecular formula is C19H16ClN3O. The van der Waals surface area contributed by atoms with Crippen LogP contribution in [0.4, 0.5) is 5.82 Å². The van der Waals surface area contributed by atoms with Crippen molar-refractivity contribution < 1.29 is 4.79 Å². The van der Waals surface area contributed by atoms with Gasteiger partial charge in [-0.2, -0.15) is 5.10 Å². The number of hydrogen-bond acceptors (Lipinski definition) is 2. The number of rotatable bonds is 2. The minimum Gasteiger partial charge on any atom is -0.310 e. The summed E-state index contributed by atoms with van der Waals surface area (Å²) in [6.07, 6.45) is 2.26. The molecule has 4 rings (SSSR count). The monoisotopic (exact) mass is 337 g/mol. The Hall–Kier alpha value is -2.59. The second-order valence-corrected chi connectivity index (χ2v) is 6.49. The summed E-state index contributed by atoms with van der Waals surface area (Å²) in [6, 6.07) is 15.7. The van der Waals surface area contributed by atoms with Crippen LogP contribution in [-0.4, -0.2) is 15.7 Å². The molecule has 3 aromatic rings. The molecule has 0 radical (unpaired) electrons. The third kappa shape index (κ3) is 2.59. The quantitative estimate of drug-likeness (QED) is 0.757. The molecule has 1 aliphatic rings. The molecule has 24 heavy (non-hydrogen) atoms. The Labute approximate surface area is 145 Å². The van der Waals surface area contributed by atoms with E-state index >= 15 is 0 Å². The van der Waals surface area contributed by atoms with Gasteiger partial charge in [0.2, 0.25) is 5.91 Å². The lowest BCUT2D eigenvalue weighted by Crippen LogP contribution is -2.24. The molecule has 5 heteroatoms. The molecule has 120 valence electrons. The van der Waals surface area contributed by atoms with Gasteiger partial charge in [-0.05, 0) is 30.7 Å². The molecule has 1 aromatic heterocycles. The number of nitrogens with one attached hydrogen (secondary N) is 1. The van der Waals surface area contributed by atoms with Gasteiger partial charge in [0.15, 0.2) is 0 Å². The molecule has 0 aliphatic carbocycles. The molecule has 1 atom stereocenters. The van der Waals surface area contributed by atoms with Gasteiger partial charge in [0.1, 0.15) is 5.82 Å². The fourth-order valence-corrected chi connectivity index (χ4v) is 3.30. The van der Waals surface area contributed by atoms with E-state index in [0.29, 0.717) is 11.4 Å². The summed E-state index contributed by atoms with van der Waals surface area (Å²) in [5.74, 6) is 0.734. The van der Waals surface area contributed by atoms with Crippen LogP contribution >= 0.6 is 11.6 Å². The van der Waals surface area contributed by atoms with Crippen molar-refractivity contribution in [2.75, 3.05) is 5.32 Å². The van der Waals surface area contributed by atoms with Crippen LogP contribution in [0.5, 0.6) is 0 Å². The molecule has 0 bridgehead atoms. The topological polar surface area (TPSA) is 46.9 Å². The lowest BCUT2D eigenvalue weighted by atomic mass is 9.87. The standard InChI is InChI=1S/C19H16ClN3O/c1-12-5-7-13(8-6-12)16-10-18(24)22-19-17(16)11-21-23(19)15-4-2-3-14(20)9-15/h2-9,11,16H,10H2,1H3,(H,22,24)/t16-/m1/s1. The van der Waals surface area contributed by atoms with E-state index in [9.17, 15) is 4.79 Å². The van der Waals surface area contributed by atoms with E-state index in [1.165, 1.54) is 5.56 Å². The van der Waals surface area contributed by atoms with Crippen molar-refractivity contribution >= 4 is 23.3 Å². The molecule has 0 spiro atoms. The molecule has 1 amide bonds. The first-order valence-electron chi connectivity index (χ1n) is 7.82.